The molecular weight excluding hydrogens is 366 g/mol. The number of nitrogens with one attached hydrogen (secondary N) is 1. The van der Waals surface area contributed by atoms with Crippen molar-refractivity contribution in [2.24, 2.45) is 11.8 Å². The maximum atomic E-state index is 13.3. The zero-order chi connectivity index (χ0) is 20.0. The van der Waals surface area contributed by atoms with Gasteiger partial charge in [-0.15, -0.1) is 0 Å². The summed E-state index contributed by atoms with van der Waals surface area (Å²) in [4.78, 5) is 27.8. The third-order valence-corrected chi connectivity index (χ3v) is 7.00. The number of carbonyl (C=O) groups excluding carboxylic acids is 1. The van der Waals surface area contributed by atoms with Crippen LogP contribution in [0.3, 0.4) is 0 Å². The molecule has 1 amide bonds. The van der Waals surface area contributed by atoms with Crippen LogP contribution in [0, 0.1) is 11.8 Å². The van der Waals surface area contributed by atoms with Crippen molar-refractivity contribution in [2.75, 3.05) is 20.2 Å². The molecule has 2 fully saturated rings. The molecule has 1 aliphatic carbocycles. The molecule has 0 radical (unpaired) electrons. The van der Waals surface area contributed by atoms with Crippen LogP contribution in [-0.2, 0) is 9.53 Å². The topological polar surface area (TPSA) is 75.5 Å². The Morgan fingerprint density at radius 3 is 2.97 bits per heavy atom. The van der Waals surface area contributed by atoms with Gasteiger partial charge in [0.05, 0.1) is 29.5 Å². The fraction of sp³-hybridized carbons (Fsp3) is 0.591. The van der Waals surface area contributed by atoms with E-state index in [-0.39, 0.29) is 17.9 Å². The first-order chi connectivity index (χ1) is 14.2. The molecule has 29 heavy (non-hydrogen) atoms. The number of piperidine rings is 1. The summed E-state index contributed by atoms with van der Waals surface area (Å²) < 4.78 is 7.75. The lowest BCUT2D eigenvalue weighted by Gasteiger charge is -2.39. The summed E-state index contributed by atoms with van der Waals surface area (Å²) in [6, 6.07) is 2.05. The molecule has 0 aromatic carbocycles. The lowest BCUT2D eigenvalue weighted by molar-refractivity contribution is -0.140. The van der Waals surface area contributed by atoms with Gasteiger partial charge in [-0.05, 0) is 37.7 Å². The fourth-order valence-corrected chi connectivity index (χ4v) is 5.21. The van der Waals surface area contributed by atoms with E-state index in [0.717, 1.165) is 67.7 Å². The molecule has 154 valence electrons. The van der Waals surface area contributed by atoms with Crippen LogP contribution in [0.5, 0.6) is 0 Å². The van der Waals surface area contributed by atoms with Crippen molar-refractivity contribution in [3.05, 3.63) is 30.5 Å². The van der Waals surface area contributed by atoms with Crippen molar-refractivity contribution < 1.29 is 9.53 Å². The highest BCUT2D eigenvalue weighted by molar-refractivity contribution is 5.79. The number of nitrogens with zero attached hydrogens (tertiary/aromatic N) is 4. The van der Waals surface area contributed by atoms with E-state index in [1.54, 1.807) is 7.11 Å². The largest absolute Gasteiger partial charge is 0.381 e. The van der Waals surface area contributed by atoms with Gasteiger partial charge in [0.15, 0.2) is 5.65 Å². The Balaban J connectivity index is 1.43. The molecule has 7 nitrogen and oxygen atoms in total. The van der Waals surface area contributed by atoms with Gasteiger partial charge in [0, 0.05) is 38.2 Å². The number of ether oxygens (including phenoxy) is 1. The molecule has 1 N–H and O–H groups in total. The van der Waals surface area contributed by atoms with Crippen LogP contribution in [0.2, 0.25) is 0 Å². The van der Waals surface area contributed by atoms with Crippen LogP contribution in [-0.4, -0.2) is 56.5 Å². The Morgan fingerprint density at radius 1 is 1.24 bits per heavy atom. The zero-order valence-electron chi connectivity index (χ0n) is 17.2. The number of hydrogen-bond donors (Lipinski definition) is 1. The van der Waals surface area contributed by atoms with Crippen LogP contribution in [0.25, 0.3) is 16.7 Å². The van der Waals surface area contributed by atoms with Crippen LogP contribution in [0.15, 0.2) is 24.7 Å². The summed E-state index contributed by atoms with van der Waals surface area (Å²) in [5.74, 6) is 2.14. The Morgan fingerprint density at radius 2 is 2.10 bits per heavy atom. The minimum absolute atomic E-state index is 0.0976. The fourth-order valence-electron chi connectivity index (χ4n) is 5.21. The Hall–Kier alpha value is -2.41. The zero-order valence-corrected chi connectivity index (χ0v) is 17.2. The number of likely N-dealkylation sites (tertiary alicyclic amines) is 1. The molecule has 1 saturated carbocycles. The van der Waals surface area contributed by atoms with Crippen molar-refractivity contribution in [1.82, 2.24) is 24.3 Å². The number of carbonyl (C=O) groups is 1. The molecule has 0 spiro atoms. The van der Waals surface area contributed by atoms with Gasteiger partial charge in [0.25, 0.3) is 0 Å². The number of rotatable bonds is 3. The Labute approximate surface area is 170 Å². The van der Waals surface area contributed by atoms with Gasteiger partial charge in [0.2, 0.25) is 5.91 Å². The highest BCUT2D eigenvalue weighted by atomic mass is 16.5. The van der Waals surface area contributed by atoms with Gasteiger partial charge < -0.3 is 14.6 Å². The monoisotopic (exact) mass is 395 g/mol. The van der Waals surface area contributed by atoms with E-state index in [1.807, 2.05) is 24.7 Å². The summed E-state index contributed by atoms with van der Waals surface area (Å²) in [6.07, 6.45) is 10.9. The van der Waals surface area contributed by atoms with Gasteiger partial charge in [-0.1, -0.05) is 13.3 Å². The van der Waals surface area contributed by atoms with Gasteiger partial charge in [-0.25, -0.2) is 9.97 Å². The average molecular weight is 396 g/mol. The normalized spacial score (nSPS) is 28.3. The number of fused-ring (bicyclic) bond motifs is 3. The first-order valence-corrected chi connectivity index (χ1v) is 10.8. The molecule has 2 unspecified atom stereocenters. The van der Waals surface area contributed by atoms with E-state index in [4.69, 9.17) is 9.72 Å². The number of amides is 1. The predicted octanol–water partition coefficient (Wildman–Crippen LogP) is 3.37. The predicted molar refractivity (Wildman–Crippen MR) is 111 cm³/mol. The maximum Gasteiger partial charge on any atom is 0.225 e. The molecule has 4 atom stereocenters. The standard InChI is InChI=1S/C22H29N5O2/c1-14-7-9-26(22(28)15-4-3-5-17(10-15)29-2)13-18(14)21-25-12-16-11-24-20-19(27(16)21)6-8-23-20/h6,8,11-12,14-15,17-18,23H,3-5,7,9-10,13H2,1-2H3/t14-,15?,17?,18+/m1/s1. The van der Waals surface area contributed by atoms with Crippen molar-refractivity contribution in [3.63, 3.8) is 0 Å². The van der Waals surface area contributed by atoms with Crippen LogP contribution >= 0.6 is 0 Å². The van der Waals surface area contributed by atoms with Crippen LogP contribution in [0.4, 0.5) is 0 Å². The van der Waals surface area contributed by atoms with Gasteiger partial charge in [0.1, 0.15) is 5.82 Å². The second-order valence-corrected chi connectivity index (χ2v) is 8.72. The SMILES string of the molecule is COC1CCCC(C(=O)N2CC[C@@H](C)[C@@H](c3ncc4cnc5[nH]ccc5n34)C2)C1. The van der Waals surface area contributed by atoms with Crippen molar-refractivity contribution in [2.45, 2.75) is 51.0 Å². The van der Waals surface area contributed by atoms with E-state index >= 15 is 0 Å². The number of methoxy groups -OCH3 is 1. The summed E-state index contributed by atoms with van der Waals surface area (Å²) in [5, 5.41) is 0. The van der Waals surface area contributed by atoms with Gasteiger partial charge in [-0.3, -0.25) is 9.20 Å². The first kappa shape index (κ1) is 18.6. The van der Waals surface area contributed by atoms with Gasteiger partial charge >= 0.3 is 0 Å². The molecule has 2 aliphatic rings. The number of imidazole rings is 1. The first-order valence-electron chi connectivity index (χ1n) is 10.8. The van der Waals surface area contributed by atoms with Crippen LogP contribution in [0.1, 0.15) is 50.8 Å². The average Bonchev–Trinajstić information content (AvgIpc) is 3.40. The summed E-state index contributed by atoms with van der Waals surface area (Å²) in [5.41, 5.74) is 2.90. The maximum absolute atomic E-state index is 13.3. The second kappa shape index (κ2) is 7.44. The summed E-state index contributed by atoms with van der Waals surface area (Å²) in [7, 11) is 1.76. The smallest absolute Gasteiger partial charge is 0.225 e. The van der Waals surface area contributed by atoms with Crippen LogP contribution < -0.4 is 0 Å². The molecular formula is C22H29N5O2. The molecule has 1 saturated heterocycles. The lowest BCUT2D eigenvalue weighted by Crippen LogP contribution is -2.46. The molecule has 3 aromatic heterocycles. The molecule has 3 aromatic rings. The number of hydrogen-bond acceptors (Lipinski definition) is 4. The van der Waals surface area contributed by atoms with Crippen molar-refractivity contribution >= 4 is 22.6 Å². The van der Waals surface area contributed by atoms with E-state index in [0.29, 0.717) is 11.8 Å². The quantitative estimate of drug-likeness (QED) is 0.738. The molecule has 4 heterocycles. The van der Waals surface area contributed by atoms with E-state index in [2.05, 4.69) is 26.2 Å². The van der Waals surface area contributed by atoms with E-state index in [9.17, 15) is 4.79 Å². The number of H-pyrrole nitrogens is 1. The third-order valence-electron chi connectivity index (χ3n) is 7.00. The number of aromatic nitrogens is 4. The van der Waals surface area contributed by atoms with Gasteiger partial charge in [-0.2, -0.15) is 0 Å². The minimum Gasteiger partial charge on any atom is -0.381 e. The van der Waals surface area contributed by atoms with Crippen molar-refractivity contribution in [3.8, 4) is 0 Å². The molecule has 7 heteroatoms. The third kappa shape index (κ3) is 3.21. The summed E-state index contributed by atoms with van der Waals surface area (Å²) in [6.45, 7) is 3.86. The molecule has 1 aliphatic heterocycles. The Kier molecular flexibility index (Phi) is 4.78. The highest BCUT2D eigenvalue weighted by Crippen LogP contribution is 2.35. The van der Waals surface area contributed by atoms with Crippen molar-refractivity contribution in [1.29, 1.82) is 0 Å². The molecule has 0 bridgehead atoms. The lowest BCUT2D eigenvalue weighted by atomic mass is 9.83. The van der Waals surface area contributed by atoms with E-state index in [1.165, 1.54) is 0 Å². The highest BCUT2D eigenvalue weighted by Gasteiger charge is 2.36. The Bertz CT molecular complexity index is 1020. The number of aromatic amines is 1. The second-order valence-electron chi connectivity index (χ2n) is 8.72. The van der Waals surface area contributed by atoms with E-state index < -0.39 is 0 Å². The molecule has 5 rings (SSSR count). The minimum atomic E-state index is 0.0976. The summed E-state index contributed by atoms with van der Waals surface area (Å²) >= 11 is 0.